The third kappa shape index (κ3) is 4.85. The third-order valence-corrected chi connectivity index (χ3v) is 3.55. The minimum Gasteiger partial charge on any atom is -0.492 e. The van der Waals surface area contributed by atoms with Gasteiger partial charge < -0.3 is 15.2 Å². The van der Waals surface area contributed by atoms with Crippen molar-refractivity contribution in [2.45, 2.75) is 40.2 Å². The second-order valence-electron chi connectivity index (χ2n) is 5.27. The number of carboxylic acid groups (broad SMARTS) is 1. The molecule has 0 aliphatic rings. The largest absolute Gasteiger partial charge is 0.492 e. The van der Waals surface area contributed by atoms with E-state index in [2.05, 4.69) is 5.32 Å². The summed E-state index contributed by atoms with van der Waals surface area (Å²) < 4.78 is 5.71. The quantitative estimate of drug-likeness (QED) is 0.718. The second kappa shape index (κ2) is 7.90. The number of carboxylic acids is 1. The minimum absolute atomic E-state index is 0.105. The van der Waals surface area contributed by atoms with Gasteiger partial charge in [-0.2, -0.15) is 0 Å². The van der Waals surface area contributed by atoms with Crippen molar-refractivity contribution in [3.63, 3.8) is 0 Å². The molecule has 0 saturated heterocycles. The molecule has 2 atom stereocenters. The van der Waals surface area contributed by atoms with Crippen LogP contribution in [0.25, 0.3) is 0 Å². The molecule has 20 heavy (non-hydrogen) atoms. The van der Waals surface area contributed by atoms with Gasteiger partial charge in [-0.3, -0.25) is 4.79 Å². The highest BCUT2D eigenvalue weighted by Gasteiger charge is 2.22. The molecule has 0 aromatic heterocycles. The van der Waals surface area contributed by atoms with Crippen LogP contribution in [-0.2, 0) is 4.79 Å². The van der Waals surface area contributed by atoms with Gasteiger partial charge in [-0.1, -0.05) is 32.4 Å². The van der Waals surface area contributed by atoms with Gasteiger partial charge in [0.1, 0.15) is 18.4 Å². The predicted molar refractivity (Wildman–Crippen MR) is 80.3 cm³/mol. The summed E-state index contributed by atoms with van der Waals surface area (Å²) in [6, 6.07) is 5.56. The number of aliphatic carboxylic acids is 1. The molecule has 0 spiro atoms. The zero-order valence-electron chi connectivity index (χ0n) is 12.8. The maximum absolute atomic E-state index is 11.2. The number of ether oxygens (including phenoxy) is 1. The molecular weight excluding hydrogens is 254 g/mol. The van der Waals surface area contributed by atoms with Crippen molar-refractivity contribution in [2.75, 3.05) is 13.2 Å². The Kier molecular flexibility index (Phi) is 6.52. The average Bonchev–Trinajstić information content (AvgIpc) is 2.41. The van der Waals surface area contributed by atoms with E-state index >= 15 is 0 Å². The molecule has 0 aliphatic heterocycles. The number of benzene rings is 1. The summed E-state index contributed by atoms with van der Waals surface area (Å²) in [6.45, 7) is 8.95. The molecule has 112 valence electrons. The summed E-state index contributed by atoms with van der Waals surface area (Å²) in [4.78, 5) is 11.2. The first kappa shape index (κ1) is 16.5. The SMILES string of the molecule is CC[C@H](C)[C@H](NCCOc1cc(C)ccc1C)C(=O)O. The van der Waals surface area contributed by atoms with E-state index in [-0.39, 0.29) is 5.92 Å². The number of carbonyl (C=O) groups is 1. The van der Waals surface area contributed by atoms with Gasteiger partial charge in [0.05, 0.1) is 0 Å². The molecule has 0 bridgehead atoms. The minimum atomic E-state index is -0.800. The highest BCUT2D eigenvalue weighted by molar-refractivity contribution is 5.73. The fourth-order valence-electron chi connectivity index (χ4n) is 2.01. The van der Waals surface area contributed by atoms with Crippen LogP contribution in [0.2, 0.25) is 0 Å². The number of aryl methyl sites for hydroxylation is 2. The van der Waals surface area contributed by atoms with E-state index in [0.717, 1.165) is 23.3 Å². The Labute approximate surface area is 121 Å². The molecule has 0 aliphatic carbocycles. The first-order chi connectivity index (χ1) is 9.45. The van der Waals surface area contributed by atoms with Crippen LogP contribution in [0.15, 0.2) is 18.2 Å². The lowest BCUT2D eigenvalue weighted by Gasteiger charge is -2.20. The third-order valence-electron chi connectivity index (χ3n) is 3.55. The van der Waals surface area contributed by atoms with Crippen LogP contribution in [0.3, 0.4) is 0 Å². The molecule has 1 aromatic rings. The van der Waals surface area contributed by atoms with Crippen LogP contribution in [0.4, 0.5) is 0 Å². The lowest BCUT2D eigenvalue weighted by molar-refractivity contribution is -0.140. The van der Waals surface area contributed by atoms with E-state index in [1.165, 1.54) is 0 Å². The lowest BCUT2D eigenvalue weighted by Crippen LogP contribution is -2.43. The van der Waals surface area contributed by atoms with Gasteiger partial charge in [0, 0.05) is 6.54 Å². The summed E-state index contributed by atoms with van der Waals surface area (Å²) in [7, 11) is 0. The smallest absolute Gasteiger partial charge is 0.320 e. The molecule has 0 unspecified atom stereocenters. The topological polar surface area (TPSA) is 58.6 Å². The summed E-state index contributed by atoms with van der Waals surface area (Å²) in [5.41, 5.74) is 2.24. The van der Waals surface area contributed by atoms with E-state index in [4.69, 9.17) is 9.84 Å². The van der Waals surface area contributed by atoms with Crippen LogP contribution in [0.1, 0.15) is 31.4 Å². The van der Waals surface area contributed by atoms with Crippen molar-refractivity contribution in [2.24, 2.45) is 5.92 Å². The maximum atomic E-state index is 11.2. The fourth-order valence-corrected chi connectivity index (χ4v) is 2.01. The van der Waals surface area contributed by atoms with Crippen molar-refractivity contribution in [1.82, 2.24) is 5.32 Å². The molecule has 0 saturated carbocycles. The fraction of sp³-hybridized carbons (Fsp3) is 0.562. The zero-order valence-corrected chi connectivity index (χ0v) is 12.8. The number of rotatable bonds is 8. The van der Waals surface area contributed by atoms with Gasteiger partial charge >= 0.3 is 5.97 Å². The second-order valence-corrected chi connectivity index (χ2v) is 5.27. The van der Waals surface area contributed by atoms with Crippen LogP contribution in [-0.4, -0.2) is 30.3 Å². The Morgan fingerprint density at radius 2 is 2.10 bits per heavy atom. The Bertz CT molecular complexity index is 445. The molecule has 0 amide bonds. The zero-order chi connectivity index (χ0) is 15.1. The highest BCUT2D eigenvalue weighted by Crippen LogP contribution is 2.18. The number of hydrogen-bond acceptors (Lipinski definition) is 3. The van der Waals surface area contributed by atoms with Crippen molar-refractivity contribution < 1.29 is 14.6 Å². The molecular formula is C16H25NO3. The average molecular weight is 279 g/mol. The van der Waals surface area contributed by atoms with Gasteiger partial charge in [-0.05, 0) is 37.0 Å². The molecule has 1 rings (SSSR count). The van der Waals surface area contributed by atoms with Crippen molar-refractivity contribution in [3.05, 3.63) is 29.3 Å². The van der Waals surface area contributed by atoms with Crippen LogP contribution in [0, 0.1) is 19.8 Å². The Hall–Kier alpha value is -1.55. The van der Waals surface area contributed by atoms with E-state index < -0.39 is 12.0 Å². The molecule has 4 nitrogen and oxygen atoms in total. The maximum Gasteiger partial charge on any atom is 0.320 e. The first-order valence-corrected chi connectivity index (χ1v) is 7.12. The Balaban J connectivity index is 2.44. The van der Waals surface area contributed by atoms with Crippen molar-refractivity contribution in [3.8, 4) is 5.75 Å². The Morgan fingerprint density at radius 3 is 2.70 bits per heavy atom. The van der Waals surface area contributed by atoms with E-state index in [1.54, 1.807) is 0 Å². The molecule has 1 aromatic carbocycles. The highest BCUT2D eigenvalue weighted by atomic mass is 16.5. The van der Waals surface area contributed by atoms with Crippen LogP contribution >= 0.6 is 0 Å². The predicted octanol–water partition coefficient (Wildman–Crippen LogP) is 2.77. The van der Waals surface area contributed by atoms with Gasteiger partial charge in [0.25, 0.3) is 0 Å². The standard InChI is InChI=1S/C16H25NO3/c1-5-12(3)15(16(18)19)17-8-9-20-14-10-11(2)6-7-13(14)4/h6-7,10,12,15,17H,5,8-9H2,1-4H3,(H,18,19)/t12-,15-/m0/s1. The normalized spacial score (nSPS) is 13.8. The molecule has 0 heterocycles. The molecule has 0 radical (unpaired) electrons. The summed E-state index contributed by atoms with van der Waals surface area (Å²) in [6.07, 6.45) is 0.835. The summed E-state index contributed by atoms with van der Waals surface area (Å²) in [5, 5.41) is 12.2. The van der Waals surface area contributed by atoms with Gasteiger partial charge in [0.2, 0.25) is 0 Å². The van der Waals surface area contributed by atoms with E-state index in [9.17, 15) is 4.79 Å². The van der Waals surface area contributed by atoms with E-state index in [1.807, 2.05) is 45.9 Å². The van der Waals surface area contributed by atoms with Gasteiger partial charge in [-0.25, -0.2) is 0 Å². The molecule has 2 N–H and O–H groups in total. The molecule has 0 fully saturated rings. The Morgan fingerprint density at radius 1 is 1.40 bits per heavy atom. The van der Waals surface area contributed by atoms with E-state index in [0.29, 0.717) is 13.2 Å². The van der Waals surface area contributed by atoms with Gasteiger partial charge in [-0.15, -0.1) is 0 Å². The number of hydrogen-bond donors (Lipinski definition) is 2. The van der Waals surface area contributed by atoms with Gasteiger partial charge in [0.15, 0.2) is 0 Å². The van der Waals surface area contributed by atoms with Crippen LogP contribution < -0.4 is 10.1 Å². The first-order valence-electron chi connectivity index (χ1n) is 7.12. The van der Waals surface area contributed by atoms with Crippen molar-refractivity contribution in [1.29, 1.82) is 0 Å². The van der Waals surface area contributed by atoms with Crippen molar-refractivity contribution >= 4 is 5.97 Å². The monoisotopic (exact) mass is 279 g/mol. The number of nitrogens with one attached hydrogen (secondary N) is 1. The molecule has 4 heteroatoms. The summed E-state index contributed by atoms with van der Waals surface area (Å²) >= 11 is 0. The van der Waals surface area contributed by atoms with Crippen LogP contribution in [0.5, 0.6) is 5.75 Å². The summed E-state index contributed by atoms with van der Waals surface area (Å²) in [5.74, 6) is 0.168. The lowest BCUT2D eigenvalue weighted by atomic mass is 9.99.